The molecule has 1 aliphatic rings. The Morgan fingerprint density at radius 1 is 1.17 bits per heavy atom. The van der Waals surface area contributed by atoms with Crippen LogP contribution in [0.2, 0.25) is 0 Å². The Kier molecular flexibility index (Phi) is 5.12. The molecule has 0 heterocycles. The Morgan fingerprint density at radius 3 is 2.30 bits per heavy atom. The maximum absolute atomic E-state index is 12.8. The van der Waals surface area contributed by atoms with Gasteiger partial charge < -0.3 is 10.2 Å². The van der Waals surface area contributed by atoms with E-state index < -0.39 is 0 Å². The van der Waals surface area contributed by atoms with Gasteiger partial charge in [0.05, 0.1) is 11.8 Å². The smallest absolute Gasteiger partial charge is 0.227 e. The van der Waals surface area contributed by atoms with Crippen LogP contribution in [0.1, 0.15) is 46.6 Å². The fraction of sp³-hybridized carbons (Fsp3) is 0.579. The Hall–Kier alpha value is -1.84. The van der Waals surface area contributed by atoms with Gasteiger partial charge in [-0.15, -0.1) is 0 Å². The molecule has 0 bridgehead atoms. The van der Waals surface area contributed by atoms with Crippen LogP contribution < -0.4 is 5.32 Å². The zero-order valence-corrected chi connectivity index (χ0v) is 14.8. The highest BCUT2D eigenvalue weighted by molar-refractivity contribution is 5.92. The summed E-state index contributed by atoms with van der Waals surface area (Å²) < 4.78 is 0. The van der Waals surface area contributed by atoms with Gasteiger partial charge in [-0.2, -0.15) is 0 Å². The van der Waals surface area contributed by atoms with Gasteiger partial charge in [-0.05, 0) is 46.6 Å². The normalized spacial score (nSPS) is 20.3. The lowest BCUT2D eigenvalue weighted by atomic mass is 10.1. The van der Waals surface area contributed by atoms with Gasteiger partial charge >= 0.3 is 0 Å². The number of hydrogen-bond donors (Lipinski definition) is 1. The van der Waals surface area contributed by atoms with Crippen molar-refractivity contribution in [3.63, 3.8) is 0 Å². The topological polar surface area (TPSA) is 49.4 Å². The monoisotopic (exact) mass is 316 g/mol. The van der Waals surface area contributed by atoms with E-state index in [0.29, 0.717) is 13.0 Å². The fourth-order valence-corrected chi connectivity index (χ4v) is 2.73. The summed E-state index contributed by atoms with van der Waals surface area (Å²) in [6.45, 7) is 10.5. The third-order valence-corrected chi connectivity index (χ3v) is 4.04. The van der Waals surface area contributed by atoms with Crippen molar-refractivity contribution in [3.05, 3.63) is 35.9 Å². The molecule has 4 nitrogen and oxygen atoms in total. The Labute approximate surface area is 139 Å². The van der Waals surface area contributed by atoms with Gasteiger partial charge in [-0.1, -0.05) is 30.3 Å². The second-order valence-electron chi connectivity index (χ2n) is 7.73. The summed E-state index contributed by atoms with van der Waals surface area (Å²) in [5.74, 6) is -0.237. The molecule has 1 aromatic rings. The quantitative estimate of drug-likeness (QED) is 0.908. The first-order valence-corrected chi connectivity index (χ1v) is 8.35. The number of rotatable bonds is 5. The maximum atomic E-state index is 12.8. The predicted molar refractivity (Wildman–Crippen MR) is 91.6 cm³/mol. The second-order valence-corrected chi connectivity index (χ2v) is 7.73. The van der Waals surface area contributed by atoms with Gasteiger partial charge in [0.1, 0.15) is 0 Å². The zero-order valence-electron chi connectivity index (χ0n) is 14.8. The van der Waals surface area contributed by atoms with E-state index in [9.17, 15) is 9.59 Å². The molecule has 0 aromatic heterocycles. The highest BCUT2D eigenvalue weighted by atomic mass is 16.2. The van der Waals surface area contributed by atoms with Crippen LogP contribution in [-0.4, -0.2) is 28.3 Å². The van der Waals surface area contributed by atoms with E-state index in [1.54, 1.807) is 0 Å². The average Bonchev–Trinajstić information content (AvgIpc) is 3.23. The molecule has 1 aromatic carbocycles. The van der Waals surface area contributed by atoms with E-state index in [-0.39, 0.29) is 35.2 Å². The first-order chi connectivity index (χ1) is 10.7. The van der Waals surface area contributed by atoms with Gasteiger partial charge in [0.25, 0.3) is 0 Å². The lowest BCUT2D eigenvalue weighted by Gasteiger charge is -2.27. The molecule has 2 rings (SSSR count). The van der Waals surface area contributed by atoms with Crippen molar-refractivity contribution in [2.75, 3.05) is 0 Å². The van der Waals surface area contributed by atoms with Crippen molar-refractivity contribution in [2.45, 2.75) is 59.2 Å². The van der Waals surface area contributed by atoms with Gasteiger partial charge in [-0.3, -0.25) is 9.59 Å². The standard InChI is InChI=1S/C19H28N2O2/c1-13(2)21(12-14-9-7-6-8-10-14)18(23)16-11-15(16)17(22)20-19(3,4)5/h6-10,13,15-16H,11-12H2,1-5H3,(H,20,22). The summed E-state index contributed by atoms with van der Waals surface area (Å²) in [6, 6.07) is 10.1. The maximum Gasteiger partial charge on any atom is 0.227 e. The van der Waals surface area contributed by atoms with Crippen LogP contribution in [0.15, 0.2) is 30.3 Å². The first-order valence-electron chi connectivity index (χ1n) is 8.35. The highest BCUT2D eigenvalue weighted by Crippen LogP contribution is 2.41. The molecule has 2 unspecified atom stereocenters. The van der Waals surface area contributed by atoms with Gasteiger partial charge in [0.2, 0.25) is 11.8 Å². The largest absolute Gasteiger partial charge is 0.351 e. The molecular weight excluding hydrogens is 288 g/mol. The predicted octanol–water partition coefficient (Wildman–Crippen LogP) is 2.97. The molecule has 2 amide bonds. The van der Waals surface area contributed by atoms with Crippen molar-refractivity contribution < 1.29 is 9.59 Å². The number of carbonyl (C=O) groups is 2. The van der Waals surface area contributed by atoms with Gasteiger partial charge in [0, 0.05) is 18.1 Å². The average molecular weight is 316 g/mol. The number of amides is 2. The Bertz CT molecular complexity index is 560. The third-order valence-electron chi connectivity index (χ3n) is 4.04. The number of benzene rings is 1. The zero-order chi connectivity index (χ0) is 17.2. The van der Waals surface area contributed by atoms with E-state index in [1.807, 2.05) is 69.9 Å². The summed E-state index contributed by atoms with van der Waals surface area (Å²) in [5, 5.41) is 2.97. The van der Waals surface area contributed by atoms with Crippen LogP contribution in [0.25, 0.3) is 0 Å². The lowest BCUT2D eigenvalue weighted by molar-refractivity contribution is -0.137. The van der Waals surface area contributed by atoms with Crippen molar-refractivity contribution in [1.29, 1.82) is 0 Å². The molecule has 0 radical (unpaired) electrons. The minimum atomic E-state index is -0.255. The number of nitrogens with one attached hydrogen (secondary N) is 1. The summed E-state index contributed by atoms with van der Waals surface area (Å²) in [7, 11) is 0. The van der Waals surface area contributed by atoms with Crippen LogP contribution in [0, 0.1) is 11.8 Å². The van der Waals surface area contributed by atoms with E-state index >= 15 is 0 Å². The van der Waals surface area contributed by atoms with Crippen LogP contribution >= 0.6 is 0 Å². The van der Waals surface area contributed by atoms with E-state index in [4.69, 9.17) is 0 Å². The molecule has 23 heavy (non-hydrogen) atoms. The summed E-state index contributed by atoms with van der Waals surface area (Å²) >= 11 is 0. The molecule has 0 aliphatic heterocycles. The van der Waals surface area contributed by atoms with Crippen LogP contribution in [0.3, 0.4) is 0 Å². The van der Waals surface area contributed by atoms with Crippen LogP contribution in [-0.2, 0) is 16.1 Å². The summed E-state index contributed by atoms with van der Waals surface area (Å²) in [4.78, 5) is 26.9. The molecule has 1 aliphatic carbocycles. The van der Waals surface area contributed by atoms with Crippen LogP contribution in [0.4, 0.5) is 0 Å². The van der Waals surface area contributed by atoms with E-state index in [1.165, 1.54) is 0 Å². The van der Waals surface area contributed by atoms with Crippen molar-refractivity contribution in [2.24, 2.45) is 11.8 Å². The van der Waals surface area contributed by atoms with Crippen molar-refractivity contribution in [1.82, 2.24) is 10.2 Å². The summed E-state index contributed by atoms with van der Waals surface area (Å²) in [6.07, 6.45) is 0.665. The number of hydrogen-bond acceptors (Lipinski definition) is 2. The van der Waals surface area contributed by atoms with Gasteiger partial charge in [-0.25, -0.2) is 0 Å². The van der Waals surface area contributed by atoms with E-state index in [2.05, 4.69) is 5.32 Å². The molecule has 1 N–H and O–H groups in total. The first kappa shape index (κ1) is 17.5. The number of nitrogens with zero attached hydrogens (tertiary/aromatic N) is 1. The Morgan fingerprint density at radius 2 is 1.78 bits per heavy atom. The molecular formula is C19H28N2O2. The van der Waals surface area contributed by atoms with Crippen LogP contribution in [0.5, 0.6) is 0 Å². The fourth-order valence-electron chi connectivity index (χ4n) is 2.73. The molecule has 126 valence electrons. The number of carbonyl (C=O) groups excluding carboxylic acids is 2. The molecule has 4 heteroatoms. The van der Waals surface area contributed by atoms with E-state index in [0.717, 1.165) is 5.56 Å². The minimum Gasteiger partial charge on any atom is -0.351 e. The molecule has 1 saturated carbocycles. The minimum absolute atomic E-state index is 0.000678. The third kappa shape index (κ3) is 4.81. The summed E-state index contributed by atoms with van der Waals surface area (Å²) in [5.41, 5.74) is 0.862. The van der Waals surface area contributed by atoms with Crippen molar-refractivity contribution in [3.8, 4) is 0 Å². The molecule has 2 atom stereocenters. The second kappa shape index (κ2) is 6.73. The molecule has 1 fully saturated rings. The van der Waals surface area contributed by atoms with Gasteiger partial charge in [0.15, 0.2) is 0 Å². The highest BCUT2D eigenvalue weighted by Gasteiger charge is 2.50. The lowest BCUT2D eigenvalue weighted by Crippen LogP contribution is -2.43. The molecule has 0 saturated heterocycles. The molecule has 0 spiro atoms. The Balaban J connectivity index is 1.99. The van der Waals surface area contributed by atoms with Crippen molar-refractivity contribution >= 4 is 11.8 Å². The SMILES string of the molecule is CC(C)N(Cc1ccccc1)C(=O)C1CC1C(=O)NC(C)(C)C.